The zero-order chi connectivity index (χ0) is 18.0. The first-order valence-electron chi connectivity index (χ1n) is 10.0. The minimum atomic E-state index is -1.01. The third-order valence-corrected chi connectivity index (χ3v) is 8.89. The van der Waals surface area contributed by atoms with Crippen molar-refractivity contribution < 1.29 is 15.3 Å². The van der Waals surface area contributed by atoms with Gasteiger partial charge in [-0.1, -0.05) is 31.4 Å². The van der Waals surface area contributed by atoms with Crippen LogP contribution in [0.25, 0.3) is 0 Å². The maximum Gasteiger partial charge on any atom is 0.133 e. The quantitative estimate of drug-likeness (QED) is 0.506. The van der Waals surface area contributed by atoms with Gasteiger partial charge < -0.3 is 15.3 Å². The summed E-state index contributed by atoms with van der Waals surface area (Å²) < 4.78 is 0. The van der Waals surface area contributed by atoms with Crippen molar-refractivity contribution in [2.45, 2.75) is 70.5 Å². The summed E-state index contributed by atoms with van der Waals surface area (Å²) in [6.45, 7) is 4.49. The largest absolute Gasteiger partial charge is 0.395 e. The van der Waals surface area contributed by atoms with Crippen LogP contribution in [0.2, 0.25) is 0 Å². The van der Waals surface area contributed by atoms with E-state index in [9.17, 15) is 15.3 Å². The van der Waals surface area contributed by atoms with Crippen LogP contribution in [-0.2, 0) is 0 Å². The molecule has 4 aliphatic carbocycles. The fraction of sp³-hybridized carbons (Fsp3) is 0.818. The molecule has 0 aromatic carbocycles. The molecule has 3 saturated carbocycles. The topological polar surface area (TPSA) is 60.7 Å². The normalized spacial score (nSPS) is 54.7. The summed E-state index contributed by atoms with van der Waals surface area (Å²) in [5, 5.41) is 31.8. The van der Waals surface area contributed by atoms with Gasteiger partial charge in [0.25, 0.3) is 0 Å². The van der Waals surface area contributed by atoms with Gasteiger partial charge >= 0.3 is 0 Å². The number of allylic oxidation sites excluding steroid dienone is 1. The summed E-state index contributed by atoms with van der Waals surface area (Å²) in [5.41, 5.74) is -0.0963. The van der Waals surface area contributed by atoms with Crippen molar-refractivity contribution in [3.8, 4) is 12.3 Å². The second kappa shape index (κ2) is 5.59. The highest BCUT2D eigenvalue weighted by atomic mass is 16.3. The molecule has 3 nitrogen and oxygen atoms in total. The molecule has 0 aromatic heterocycles. The van der Waals surface area contributed by atoms with Gasteiger partial charge in [-0.05, 0) is 68.6 Å². The number of aliphatic hydroxyl groups is 3. The minimum absolute atomic E-state index is 0.120. The Morgan fingerprint density at radius 3 is 2.72 bits per heavy atom. The first-order valence-corrected chi connectivity index (χ1v) is 10.0. The maximum atomic E-state index is 11.3. The molecule has 0 radical (unpaired) electrons. The third kappa shape index (κ3) is 2.05. The Hall–Kier alpha value is -0.820. The molecule has 3 fully saturated rings. The van der Waals surface area contributed by atoms with E-state index in [0.717, 1.165) is 44.9 Å². The van der Waals surface area contributed by atoms with Gasteiger partial charge in [-0.2, -0.15) is 0 Å². The molecular formula is C22H32O3. The zero-order valence-corrected chi connectivity index (χ0v) is 15.5. The first-order chi connectivity index (χ1) is 11.8. The van der Waals surface area contributed by atoms with Crippen molar-refractivity contribution in [2.24, 2.45) is 34.5 Å². The zero-order valence-electron chi connectivity index (χ0n) is 15.5. The lowest BCUT2D eigenvalue weighted by molar-refractivity contribution is -0.114. The molecule has 0 aliphatic heterocycles. The highest BCUT2D eigenvalue weighted by Gasteiger charge is 2.66. The molecule has 0 bridgehead atoms. The van der Waals surface area contributed by atoms with Crippen LogP contribution in [0.5, 0.6) is 0 Å². The van der Waals surface area contributed by atoms with Crippen molar-refractivity contribution in [3.05, 3.63) is 11.6 Å². The molecule has 0 amide bonds. The van der Waals surface area contributed by atoms with E-state index in [1.54, 1.807) is 0 Å². The number of aliphatic hydroxyl groups excluding tert-OH is 2. The van der Waals surface area contributed by atoms with Crippen LogP contribution in [0, 0.1) is 46.8 Å². The first kappa shape index (κ1) is 17.6. The van der Waals surface area contributed by atoms with E-state index in [1.165, 1.54) is 5.57 Å². The molecule has 4 aliphatic rings. The van der Waals surface area contributed by atoms with Gasteiger partial charge in [0.1, 0.15) is 5.60 Å². The van der Waals surface area contributed by atoms with Gasteiger partial charge in [-0.25, -0.2) is 0 Å². The van der Waals surface area contributed by atoms with E-state index in [2.05, 4.69) is 25.8 Å². The second-order valence-electron chi connectivity index (χ2n) is 9.56. The van der Waals surface area contributed by atoms with E-state index in [-0.39, 0.29) is 29.5 Å². The summed E-state index contributed by atoms with van der Waals surface area (Å²) in [5.74, 6) is 4.24. The van der Waals surface area contributed by atoms with Crippen LogP contribution in [0.15, 0.2) is 11.6 Å². The maximum absolute atomic E-state index is 11.3. The van der Waals surface area contributed by atoms with E-state index >= 15 is 0 Å². The van der Waals surface area contributed by atoms with E-state index in [1.807, 2.05) is 0 Å². The van der Waals surface area contributed by atoms with Gasteiger partial charge in [-0.15, -0.1) is 6.42 Å². The minimum Gasteiger partial charge on any atom is -0.395 e. The molecule has 4 rings (SSSR count). The molecule has 0 saturated heterocycles. The van der Waals surface area contributed by atoms with Crippen LogP contribution in [0.1, 0.15) is 58.8 Å². The number of hydrogen-bond acceptors (Lipinski definition) is 3. The van der Waals surface area contributed by atoms with Crippen LogP contribution < -0.4 is 0 Å². The molecule has 0 spiro atoms. The van der Waals surface area contributed by atoms with Crippen LogP contribution in [0.4, 0.5) is 0 Å². The Balaban J connectivity index is 1.74. The molecule has 25 heavy (non-hydrogen) atoms. The Morgan fingerprint density at radius 2 is 2.04 bits per heavy atom. The molecule has 0 heterocycles. The van der Waals surface area contributed by atoms with Crippen molar-refractivity contribution in [3.63, 3.8) is 0 Å². The summed E-state index contributed by atoms with van der Waals surface area (Å²) in [6.07, 6.45) is 14.2. The highest BCUT2D eigenvalue weighted by molar-refractivity contribution is 5.30. The fourth-order valence-corrected chi connectivity index (χ4v) is 7.38. The lowest BCUT2D eigenvalue weighted by atomic mass is 9.46. The number of terminal acetylenes is 1. The van der Waals surface area contributed by atoms with Crippen LogP contribution in [0.3, 0.4) is 0 Å². The van der Waals surface area contributed by atoms with Gasteiger partial charge in [0, 0.05) is 10.8 Å². The molecule has 138 valence electrons. The SMILES string of the molecule is C#C[C@]1(O)[C@H](C)CC2C3CC=C4C[C@@H](O)CC[C@]4(CO)C3CC[C@@]21C. The van der Waals surface area contributed by atoms with Crippen molar-refractivity contribution in [1.29, 1.82) is 0 Å². The fourth-order valence-electron chi connectivity index (χ4n) is 7.38. The monoisotopic (exact) mass is 344 g/mol. The lowest BCUT2D eigenvalue weighted by Gasteiger charge is -2.59. The Labute approximate surface area is 151 Å². The summed E-state index contributed by atoms with van der Waals surface area (Å²) in [4.78, 5) is 0. The number of fused-ring (bicyclic) bond motifs is 5. The van der Waals surface area contributed by atoms with Gasteiger partial charge in [0.15, 0.2) is 0 Å². The van der Waals surface area contributed by atoms with Crippen molar-refractivity contribution in [2.75, 3.05) is 6.61 Å². The Kier molecular flexibility index (Phi) is 3.93. The summed E-state index contributed by atoms with van der Waals surface area (Å²) in [6, 6.07) is 0. The van der Waals surface area contributed by atoms with E-state index < -0.39 is 5.60 Å². The molecule has 3 unspecified atom stereocenters. The van der Waals surface area contributed by atoms with Gasteiger partial charge in [0.2, 0.25) is 0 Å². The summed E-state index contributed by atoms with van der Waals surface area (Å²) >= 11 is 0. The van der Waals surface area contributed by atoms with Crippen molar-refractivity contribution in [1.82, 2.24) is 0 Å². The summed E-state index contributed by atoms with van der Waals surface area (Å²) in [7, 11) is 0. The van der Waals surface area contributed by atoms with Gasteiger partial charge in [-0.3, -0.25) is 0 Å². The van der Waals surface area contributed by atoms with E-state index in [4.69, 9.17) is 6.42 Å². The highest BCUT2D eigenvalue weighted by Crippen LogP contribution is 2.68. The predicted molar refractivity (Wildman–Crippen MR) is 97.5 cm³/mol. The average Bonchev–Trinajstić information content (AvgIpc) is 2.82. The molecule has 3 N–H and O–H groups in total. The van der Waals surface area contributed by atoms with Crippen LogP contribution in [-0.4, -0.2) is 33.6 Å². The third-order valence-electron chi connectivity index (χ3n) is 8.89. The number of rotatable bonds is 1. The molecule has 3 heteroatoms. The van der Waals surface area contributed by atoms with E-state index in [0.29, 0.717) is 17.8 Å². The Morgan fingerprint density at radius 1 is 1.28 bits per heavy atom. The van der Waals surface area contributed by atoms with Gasteiger partial charge in [0.05, 0.1) is 12.7 Å². The second-order valence-corrected chi connectivity index (χ2v) is 9.56. The standard InChI is InChI=1S/C22H32O3/c1-4-22(25)14(2)11-19-17-6-5-15-12-16(24)7-10-21(15,13-23)18(17)8-9-20(19,22)3/h1,5,14,16-19,23-25H,6-13H2,2-3H3/t14-,16+,17?,18?,19?,20+,21-,22+/m1/s1. The Bertz CT molecular complexity index is 634. The van der Waals surface area contributed by atoms with Crippen molar-refractivity contribution >= 4 is 0 Å². The smallest absolute Gasteiger partial charge is 0.133 e. The molecule has 0 aromatic rings. The predicted octanol–water partition coefficient (Wildman–Crippen LogP) is 2.89. The molecule has 8 atom stereocenters. The molecular weight excluding hydrogens is 312 g/mol. The average molecular weight is 344 g/mol. The number of hydrogen-bond donors (Lipinski definition) is 3. The lowest BCUT2D eigenvalue weighted by Crippen LogP contribution is -2.56. The van der Waals surface area contributed by atoms with Crippen LogP contribution >= 0.6 is 0 Å².